The largest absolute Gasteiger partial charge is 0.496 e. The number of hydrogen-bond donors (Lipinski definition) is 2. The smallest absolute Gasteiger partial charge is 0.237 e. The molecule has 134 valence electrons. The van der Waals surface area contributed by atoms with E-state index in [4.69, 9.17) is 15.2 Å². The number of carbonyl (C=O) groups excluding carboxylic acids is 1. The van der Waals surface area contributed by atoms with Gasteiger partial charge in [-0.1, -0.05) is 25.1 Å². The van der Waals surface area contributed by atoms with Crippen molar-refractivity contribution in [2.75, 3.05) is 20.3 Å². The van der Waals surface area contributed by atoms with Gasteiger partial charge in [0.25, 0.3) is 0 Å². The van der Waals surface area contributed by atoms with Gasteiger partial charge >= 0.3 is 0 Å². The Morgan fingerprint density at radius 3 is 2.71 bits per heavy atom. The number of rotatable bonds is 5. The van der Waals surface area contributed by atoms with Gasteiger partial charge in [-0.25, -0.2) is 0 Å². The third-order valence-electron chi connectivity index (χ3n) is 5.35. The quantitative estimate of drug-likeness (QED) is 0.848. The van der Waals surface area contributed by atoms with E-state index in [1.165, 1.54) is 0 Å². The zero-order chi connectivity index (χ0) is 16.4. The fourth-order valence-corrected chi connectivity index (χ4v) is 3.55. The van der Waals surface area contributed by atoms with Crippen molar-refractivity contribution in [2.24, 2.45) is 11.7 Å². The molecule has 0 radical (unpaired) electrons. The molecule has 0 bridgehead atoms. The van der Waals surface area contributed by atoms with Crippen molar-refractivity contribution in [3.63, 3.8) is 0 Å². The first-order valence-corrected chi connectivity index (χ1v) is 8.33. The van der Waals surface area contributed by atoms with E-state index in [1.54, 1.807) is 7.11 Å². The SMILES string of the molecule is COc1ccccc1C1(C)CC1NC(=O)C(N)C1CCOCC1.Cl. The summed E-state index contributed by atoms with van der Waals surface area (Å²) in [6.07, 6.45) is 2.64. The molecule has 3 unspecified atom stereocenters. The standard InChI is InChI=1S/C18H26N2O3.ClH/c1-18(13-5-3-4-6-14(13)22-2)11-15(18)20-17(21)16(19)12-7-9-23-10-8-12;/h3-6,12,15-16H,7-11,19H2,1-2H3,(H,20,21);1H. The predicted molar refractivity (Wildman–Crippen MR) is 95.7 cm³/mol. The first-order chi connectivity index (χ1) is 11.1. The van der Waals surface area contributed by atoms with Crippen molar-refractivity contribution in [1.29, 1.82) is 0 Å². The van der Waals surface area contributed by atoms with E-state index in [1.807, 2.05) is 18.2 Å². The lowest BCUT2D eigenvalue weighted by molar-refractivity contribution is -0.124. The van der Waals surface area contributed by atoms with Crippen molar-refractivity contribution < 1.29 is 14.3 Å². The molecule has 3 N–H and O–H groups in total. The van der Waals surface area contributed by atoms with Crippen molar-refractivity contribution in [2.45, 2.75) is 43.7 Å². The summed E-state index contributed by atoms with van der Waals surface area (Å²) < 4.78 is 10.8. The Morgan fingerprint density at radius 1 is 1.38 bits per heavy atom. The average molecular weight is 355 g/mol. The highest BCUT2D eigenvalue weighted by Gasteiger charge is 2.53. The summed E-state index contributed by atoms with van der Waals surface area (Å²) in [5.74, 6) is 1.06. The second-order valence-electron chi connectivity index (χ2n) is 6.86. The maximum atomic E-state index is 12.5. The second-order valence-corrected chi connectivity index (χ2v) is 6.86. The fourth-order valence-electron chi connectivity index (χ4n) is 3.55. The highest BCUT2D eigenvalue weighted by atomic mass is 35.5. The van der Waals surface area contributed by atoms with Gasteiger partial charge in [-0.3, -0.25) is 4.79 Å². The number of halogens is 1. The van der Waals surface area contributed by atoms with Gasteiger partial charge in [0, 0.05) is 30.2 Å². The van der Waals surface area contributed by atoms with Crippen molar-refractivity contribution in [1.82, 2.24) is 5.32 Å². The topological polar surface area (TPSA) is 73.6 Å². The zero-order valence-corrected chi connectivity index (χ0v) is 15.1. The van der Waals surface area contributed by atoms with Gasteiger partial charge in [-0.15, -0.1) is 12.4 Å². The average Bonchev–Trinajstić information content (AvgIpc) is 3.25. The minimum Gasteiger partial charge on any atom is -0.496 e. The summed E-state index contributed by atoms with van der Waals surface area (Å²) in [6.45, 7) is 3.57. The lowest BCUT2D eigenvalue weighted by Crippen LogP contribution is -2.48. The van der Waals surface area contributed by atoms with Crippen molar-refractivity contribution in [3.8, 4) is 5.75 Å². The molecule has 3 rings (SSSR count). The number of benzene rings is 1. The summed E-state index contributed by atoms with van der Waals surface area (Å²) >= 11 is 0. The Morgan fingerprint density at radius 2 is 2.04 bits per heavy atom. The summed E-state index contributed by atoms with van der Waals surface area (Å²) in [7, 11) is 1.68. The van der Waals surface area contributed by atoms with Crippen LogP contribution in [0.4, 0.5) is 0 Å². The molecule has 24 heavy (non-hydrogen) atoms. The van der Waals surface area contributed by atoms with Crippen LogP contribution in [-0.4, -0.2) is 38.3 Å². The van der Waals surface area contributed by atoms with Crippen LogP contribution in [0.5, 0.6) is 5.75 Å². The molecule has 1 aromatic rings. The molecular weight excluding hydrogens is 328 g/mol. The van der Waals surface area contributed by atoms with Crippen LogP contribution < -0.4 is 15.8 Å². The van der Waals surface area contributed by atoms with Crippen LogP contribution in [0.25, 0.3) is 0 Å². The second kappa shape index (κ2) is 7.72. The van der Waals surface area contributed by atoms with E-state index >= 15 is 0 Å². The first-order valence-electron chi connectivity index (χ1n) is 8.33. The molecule has 1 aliphatic heterocycles. The predicted octanol–water partition coefficient (Wildman–Crippen LogP) is 2.02. The molecule has 3 atom stereocenters. The summed E-state index contributed by atoms with van der Waals surface area (Å²) in [5, 5.41) is 3.13. The number of nitrogens with one attached hydrogen (secondary N) is 1. The number of ether oxygens (including phenoxy) is 2. The highest BCUT2D eigenvalue weighted by Crippen LogP contribution is 2.51. The molecular formula is C18H27ClN2O3. The van der Waals surface area contributed by atoms with Crippen LogP contribution in [-0.2, 0) is 14.9 Å². The Bertz CT molecular complexity index is 577. The zero-order valence-electron chi connectivity index (χ0n) is 14.3. The normalized spacial score (nSPS) is 27.7. The number of amides is 1. The van der Waals surface area contributed by atoms with Crippen LogP contribution in [0, 0.1) is 5.92 Å². The van der Waals surface area contributed by atoms with E-state index in [0.29, 0.717) is 13.2 Å². The van der Waals surface area contributed by atoms with E-state index in [0.717, 1.165) is 30.6 Å². The third-order valence-corrected chi connectivity index (χ3v) is 5.35. The van der Waals surface area contributed by atoms with Crippen LogP contribution in [0.15, 0.2) is 24.3 Å². The summed E-state index contributed by atoms with van der Waals surface area (Å²) in [5.41, 5.74) is 7.23. The van der Waals surface area contributed by atoms with Gasteiger partial charge in [0.05, 0.1) is 13.2 Å². The van der Waals surface area contributed by atoms with Crippen molar-refractivity contribution >= 4 is 18.3 Å². The van der Waals surface area contributed by atoms with Gasteiger partial charge in [-0.05, 0) is 31.2 Å². The minimum atomic E-state index is -0.443. The van der Waals surface area contributed by atoms with Crippen LogP contribution >= 0.6 is 12.4 Å². The Labute approximate surface area is 149 Å². The number of carbonyl (C=O) groups is 1. The van der Waals surface area contributed by atoms with Crippen LogP contribution in [0.2, 0.25) is 0 Å². The van der Waals surface area contributed by atoms with E-state index in [2.05, 4.69) is 18.3 Å². The van der Waals surface area contributed by atoms with E-state index < -0.39 is 6.04 Å². The third kappa shape index (κ3) is 3.68. The van der Waals surface area contributed by atoms with Crippen LogP contribution in [0.1, 0.15) is 31.7 Å². The van der Waals surface area contributed by atoms with E-state index in [-0.39, 0.29) is 35.7 Å². The molecule has 0 aromatic heterocycles. The first kappa shape index (κ1) is 19.0. The molecule has 1 saturated carbocycles. The van der Waals surface area contributed by atoms with Gasteiger partial charge in [0.1, 0.15) is 5.75 Å². The molecule has 1 heterocycles. The van der Waals surface area contributed by atoms with Crippen molar-refractivity contribution in [3.05, 3.63) is 29.8 Å². The molecule has 1 aliphatic carbocycles. The molecule has 1 amide bonds. The maximum absolute atomic E-state index is 12.5. The number of methoxy groups -OCH3 is 1. The van der Waals surface area contributed by atoms with Gasteiger partial charge in [-0.2, -0.15) is 0 Å². The summed E-state index contributed by atoms with van der Waals surface area (Å²) in [4.78, 5) is 12.5. The monoisotopic (exact) mass is 354 g/mol. The number of hydrogen-bond acceptors (Lipinski definition) is 4. The lowest BCUT2D eigenvalue weighted by Gasteiger charge is -2.27. The minimum absolute atomic E-state index is 0. The molecule has 5 nitrogen and oxygen atoms in total. The molecule has 2 aliphatic rings. The molecule has 0 spiro atoms. The Balaban J connectivity index is 0.00000208. The number of para-hydroxylation sites is 1. The van der Waals surface area contributed by atoms with Gasteiger partial charge < -0.3 is 20.5 Å². The van der Waals surface area contributed by atoms with Gasteiger partial charge in [0.15, 0.2) is 0 Å². The maximum Gasteiger partial charge on any atom is 0.237 e. The lowest BCUT2D eigenvalue weighted by atomic mass is 9.91. The van der Waals surface area contributed by atoms with Gasteiger partial charge in [0.2, 0.25) is 5.91 Å². The Kier molecular flexibility index (Phi) is 6.12. The molecule has 6 heteroatoms. The fraction of sp³-hybridized carbons (Fsp3) is 0.611. The Hall–Kier alpha value is -1.30. The summed E-state index contributed by atoms with van der Waals surface area (Å²) in [6, 6.07) is 7.68. The highest BCUT2D eigenvalue weighted by molar-refractivity contribution is 5.85. The van der Waals surface area contributed by atoms with E-state index in [9.17, 15) is 4.79 Å². The van der Waals surface area contributed by atoms with Crippen LogP contribution in [0.3, 0.4) is 0 Å². The molecule has 1 aromatic carbocycles. The number of nitrogens with two attached hydrogens (primary N) is 1. The molecule has 1 saturated heterocycles. The molecule has 2 fully saturated rings.